The molecule has 0 atom stereocenters. The molecule has 1 aromatic rings. The van der Waals surface area contributed by atoms with Crippen LogP contribution in [0.1, 0.15) is 26.3 Å². The Labute approximate surface area is 91.3 Å². The lowest BCUT2D eigenvalue weighted by atomic mass is 10.2. The molecule has 0 aromatic heterocycles. The van der Waals surface area contributed by atoms with Crippen LogP contribution in [0, 0.1) is 0 Å². The van der Waals surface area contributed by atoms with Gasteiger partial charge in [0, 0.05) is 16.7 Å². The molecule has 0 heterocycles. The summed E-state index contributed by atoms with van der Waals surface area (Å²) in [5.41, 5.74) is 1.37. The van der Waals surface area contributed by atoms with Gasteiger partial charge in [0.1, 0.15) is 0 Å². The van der Waals surface area contributed by atoms with Crippen molar-refractivity contribution in [3.05, 3.63) is 29.8 Å². The summed E-state index contributed by atoms with van der Waals surface area (Å²) in [6.45, 7) is 8.58. The van der Waals surface area contributed by atoms with Crippen molar-refractivity contribution in [2.75, 3.05) is 6.54 Å². The Hall–Kier alpha value is -0.470. The normalized spacial score (nSPS) is 10.9. The van der Waals surface area contributed by atoms with E-state index in [1.54, 1.807) is 0 Å². The molecule has 1 aromatic carbocycles. The van der Waals surface area contributed by atoms with Gasteiger partial charge in [-0.2, -0.15) is 0 Å². The fourth-order valence-electron chi connectivity index (χ4n) is 1.27. The van der Waals surface area contributed by atoms with Crippen LogP contribution in [0.5, 0.6) is 0 Å². The summed E-state index contributed by atoms with van der Waals surface area (Å²) in [6, 6.07) is 8.76. The standard InChI is InChI=1S/C12H19NS/c1-4-13-9-11-6-5-7-12(8-11)14-10(2)3/h5-8,10,13H,4,9H2,1-3H3. The second-order valence-electron chi connectivity index (χ2n) is 3.59. The van der Waals surface area contributed by atoms with Crippen molar-refractivity contribution >= 4 is 11.8 Å². The van der Waals surface area contributed by atoms with Crippen LogP contribution in [0.2, 0.25) is 0 Å². The van der Waals surface area contributed by atoms with Crippen LogP contribution in [0.15, 0.2) is 29.2 Å². The average molecular weight is 209 g/mol. The van der Waals surface area contributed by atoms with Crippen molar-refractivity contribution < 1.29 is 0 Å². The van der Waals surface area contributed by atoms with Crippen LogP contribution in [0.25, 0.3) is 0 Å². The first-order valence-electron chi connectivity index (χ1n) is 5.18. The Kier molecular flexibility index (Phi) is 5.05. The molecule has 0 saturated carbocycles. The van der Waals surface area contributed by atoms with Crippen molar-refractivity contribution in [1.82, 2.24) is 5.32 Å². The molecule has 0 amide bonds. The van der Waals surface area contributed by atoms with E-state index in [0.29, 0.717) is 5.25 Å². The molecule has 14 heavy (non-hydrogen) atoms. The maximum absolute atomic E-state index is 3.34. The van der Waals surface area contributed by atoms with E-state index in [4.69, 9.17) is 0 Å². The largest absolute Gasteiger partial charge is 0.313 e. The molecule has 0 aliphatic carbocycles. The van der Waals surface area contributed by atoms with E-state index in [1.165, 1.54) is 10.5 Å². The van der Waals surface area contributed by atoms with E-state index in [9.17, 15) is 0 Å². The highest BCUT2D eigenvalue weighted by molar-refractivity contribution is 7.99. The topological polar surface area (TPSA) is 12.0 Å². The molecular weight excluding hydrogens is 190 g/mol. The van der Waals surface area contributed by atoms with Gasteiger partial charge in [0.25, 0.3) is 0 Å². The fraction of sp³-hybridized carbons (Fsp3) is 0.500. The van der Waals surface area contributed by atoms with Gasteiger partial charge in [-0.1, -0.05) is 32.9 Å². The van der Waals surface area contributed by atoms with Gasteiger partial charge < -0.3 is 5.32 Å². The quantitative estimate of drug-likeness (QED) is 0.747. The molecular formula is C12H19NS. The van der Waals surface area contributed by atoms with Crippen molar-refractivity contribution in [3.63, 3.8) is 0 Å². The Bertz CT molecular complexity index is 271. The summed E-state index contributed by atoms with van der Waals surface area (Å²) < 4.78 is 0. The minimum Gasteiger partial charge on any atom is -0.313 e. The first-order chi connectivity index (χ1) is 6.72. The van der Waals surface area contributed by atoms with E-state index in [-0.39, 0.29) is 0 Å². The molecule has 0 saturated heterocycles. The third-order valence-electron chi connectivity index (χ3n) is 1.85. The van der Waals surface area contributed by atoms with Gasteiger partial charge >= 0.3 is 0 Å². The zero-order valence-electron chi connectivity index (χ0n) is 9.21. The fourth-order valence-corrected chi connectivity index (χ4v) is 2.19. The first-order valence-corrected chi connectivity index (χ1v) is 6.06. The third kappa shape index (κ3) is 4.16. The maximum Gasteiger partial charge on any atom is 0.0205 e. The number of thioether (sulfide) groups is 1. The van der Waals surface area contributed by atoms with Crippen molar-refractivity contribution in [1.29, 1.82) is 0 Å². The number of hydrogen-bond donors (Lipinski definition) is 1. The van der Waals surface area contributed by atoms with E-state index >= 15 is 0 Å². The smallest absolute Gasteiger partial charge is 0.0205 e. The van der Waals surface area contributed by atoms with E-state index in [0.717, 1.165) is 13.1 Å². The van der Waals surface area contributed by atoms with Crippen molar-refractivity contribution in [2.45, 2.75) is 37.5 Å². The monoisotopic (exact) mass is 209 g/mol. The molecule has 1 nitrogen and oxygen atoms in total. The third-order valence-corrected chi connectivity index (χ3v) is 2.85. The zero-order valence-corrected chi connectivity index (χ0v) is 10.0. The molecule has 0 aliphatic rings. The van der Waals surface area contributed by atoms with E-state index in [1.807, 2.05) is 11.8 Å². The van der Waals surface area contributed by atoms with Crippen LogP contribution in [-0.2, 0) is 6.54 Å². The Morgan fingerprint density at radius 1 is 1.36 bits per heavy atom. The van der Waals surface area contributed by atoms with Crippen molar-refractivity contribution in [2.24, 2.45) is 0 Å². The van der Waals surface area contributed by atoms with Gasteiger partial charge in [0.2, 0.25) is 0 Å². The molecule has 78 valence electrons. The Morgan fingerprint density at radius 2 is 2.14 bits per heavy atom. The summed E-state index contributed by atoms with van der Waals surface area (Å²) in [5, 5.41) is 3.99. The molecule has 0 radical (unpaired) electrons. The highest BCUT2D eigenvalue weighted by Crippen LogP contribution is 2.23. The Balaban J connectivity index is 2.59. The number of benzene rings is 1. The van der Waals surface area contributed by atoms with E-state index < -0.39 is 0 Å². The predicted molar refractivity (Wildman–Crippen MR) is 64.8 cm³/mol. The lowest BCUT2D eigenvalue weighted by Gasteiger charge is -2.07. The minimum absolute atomic E-state index is 0.657. The Morgan fingerprint density at radius 3 is 2.79 bits per heavy atom. The minimum atomic E-state index is 0.657. The molecule has 0 spiro atoms. The van der Waals surface area contributed by atoms with Gasteiger partial charge in [-0.25, -0.2) is 0 Å². The van der Waals surface area contributed by atoms with Crippen LogP contribution < -0.4 is 5.32 Å². The predicted octanol–water partition coefficient (Wildman–Crippen LogP) is 3.30. The summed E-state index contributed by atoms with van der Waals surface area (Å²) in [6.07, 6.45) is 0. The highest BCUT2D eigenvalue weighted by atomic mass is 32.2. The summed E-state index contributed by atoms with van der Waals surface area (Å²) in [5.74, 6) is 0. The number of rotatable bonds is 5. The van der Waals surface area contributed by atoms with E-state index in [2.05, 4.69) is 50.4 Å². The van der Waals surface area contributed by atoms with Crippen LogP contribution >= 0.6 is 11.8 Å². The number of nitrogens with one attached hydrogen (secondary N) is 1. The van der Waals surface area contributed by atoms with Crippen molar-refractivity contribution in [3.8, 4) is 0 Å². The lowest BCUT2D eigenvalue weighted by Crippen LogP contribution is -2.11. The van der Waals surface area contributed by atoms with Gasteiger partial charge in [-0.15, -0.1) is 11.8 Å². The van der Waals surface area contributed by atoms with Gasteiger partial charge in [-0.05, 0) is 24.2 Å². The average Bonchev–Trinajstić information content (AvgIpc) is 2.14. The lowest BCUT2D eigenvalue weighted by molar-refractivity contribution is 0.725. The summed E-state index contributed by atoms with van der Waals surface area (Å²) in [7, 11) is 0. The van der Waals surface area contributed by atoms with Crippen LogP contribution in [-0.4, -0.2) is 11.8 Å². The molecule has 0 unspecified atom stereocenters. The zero-order chi connectivity index (χ0) is 10.4. The van der Waals surface area contributed by atoms with Crippen LogP contribution in [0.4, 0.5) is 0 Å². The molecule has 2 heteroatoms. The molecule has 0 fully saturated rings. The number of hydrogen-bond acceptors (Lipinski definition) is 2. The maximum atomic E-state index is 3.34. The molecule has 1 N–H and O–H groups in total. The molecule has 0 bridgehead atoms. The SMILES string of the molecule is CCNCc1cccc(SC(C)C)c1. The molecule has 1 rings (SSSR count). The second kappa shape index (κ2) is 6.10. The summed E-state index contributed by atoms with van der Waals surface area (Å²) >= 11 is 1.92. The van der Waals surface area contributed by atoms with Gasteiger partial charge in [-0.3, -0.25) is 0 Å². The first kappa shape index (κ1) is 11.6. The van der Waals surface area contributed by atoms with Gasteiger partial charge in [0.05, 0.1) is 0 Å². The molecule has 0 aliphatic heterocycles. The highest BCUT2D eigenvalue weighted by Gasteiger charge is 1.99. The van der Waals surface area contributed by atoms with Gasteiger partial charge in [0.15, 0.2) is 0 Å². The second-order valence-corrected chi connectivity index (χ2v) is 5.24. The summed E-state index contributed by atoms with van der Waals surface area (Å²) in [4.78, 5) is 1.37. The van der Waals surface area contributed by atoms with Crippen LogP contribution in [0.3, 0.4) is 0 Å².